The lowest BCUT2D eigenvalue weighted by molar-refractivity contribution is -0.610. The van der Waals surface area contributed by atoms with Gasteiger partial charge in [0.2, 0.25) is 25.6 Å². The highest BCUT2D eigenvalue weighted by Crippen LogP contribution is 2.27. The second-order valence-corrected chi connectivity index (χ2v) is 10.3. The summed E-state index contributed by atoms with van der Waals surface area (Å²) in [4.78, 5) is 22.9. The molecule has 0 aliphatic heterocycles. The Bertz CT molecular complexity index is 899. The summed E-state index contributed by atoms with van der Waals surface area (Å²) in [6.45, 7) is 1.15. The Morgan fingerprint density at radius 2 is 1.84 bits per heavy atom. The first-order valence-electron chi connectivity index (χ1n) is 8.01. The molecule has 1 fully saturated rings. The standard InChI is InChI=1S/C14H21N3O6S2/c1-11(18)15-9-10-24(20,21)13-7-8-14(17(19)16-13)25(22,23)12-5-3-2-4-6-12/h7-8,12H,2-6,9-10H2,1H3,(H-,15,16,18,19)/p+1. The van der Waals surface area contributed by atoms with Gasteiger partial charge in [0.05, 0.1) is 15.9 Å². The van der Waals surface area contributed by atoms with Crippen LogP contribution in [0, 0.1) is 4.91 Å². The van der Waals surface area contributed by atoms with Gasteiger partial charge in [-0.3, -0.25) is 4.79 Å². The molecule has 2 N–H and O–H groups in total. The maximum atomic E-state index is 12.6. The van der Waals surface area contributed by atoms with Crippen LogP contribution in [-0.2, 0) is 24.5 Å². The highest BCUT2D eigenvalue weighted by atomic mass is 32.2. The van der Waals surface area contributed by atoms with Crippen LogP contribution >= 0.6 is 0 Å². The van der Waals surface area contributed by atoms with Crippen LogP contribution in [0.2, 0.25) is 0 Å². The zero-order valence-electron chi connectivity index (χ0n) is 13.9. The van der Waals surface area contributed by atoms with Crippen molar-refractivity contribution in [3.63, 3.8) is 0 Å². The quantitative estimate of drug-likeness (QED) is 0.651. The molecule has 2 rings (SSSR count). The van der Waals surface area contributed by atoms with Crippen molar-refractivity contribution in [2.45, 2.75) is 54.3 Å². The normalized spacial score (nSPS) is 16.5. The van der Waals surface area contributed by atoms with Crippen molar-refractivity contribution >= 4 is 25.6 Å². The molecule has 1 aromatic rings. The van der Waals surface area contributed by atoms with Gasteiger partial charge in [-0.2, -0.15) is 0 Å². The largest absolute Gasteiger partial charge is 0.382 e. The molecule has 0 bridgehead atoms. The molecule has 0 radical (unpaired) electrons. The molecule has 25 heavy (non-hydrogen) atoms. The molecular weight excluding hydrogens is 370 g/mol. The Morgan fingerprint density at radius 3 is 2.40 bits per heavy atom. The molecule has 0 atom stereocenters. The van der Waals surface area contributed by atoms with Crippen LogP contribution in [0.25, 0.3) is 0 Å². The molecule has 0 spiro atoms. The molecule has 1 heterocycles. The van der Waals surface area contributed by atoms with Crippen molar-refractivity contribution in [3.05, 3.63) is 17.0 Å². The average Bonchev–Trinajstić information content (AvgIpc) is 2.54. The van der Waals surface area contributed by atoms with Crippen LogP contribution in [0.4, 0.5) is 0 Å². The van der Waals surface area contributed by atoms with Crippen molar-refractivity contribution in [2.24, 2.45) is 0 Å². The molecule has 9 nitrogen and oxygen atoms in total. The Kier molecular flexibility index (Phi) is 5.99. The van der Waals surface area contributed by atoms with Gasteiger partial charge in [0.1, 0.15) is 0 Å². The molecule has 1 aliphatic carbocycles. The molecular formula is C14H22N3O6S2+. The number of rotatable bonds is 6. The first kappa shape index (κ1) is 19.6. The number of carbonyl (C=O) groups is 1. The number of nitrogens with one attached hydrogen (secondary N) is 2. The molecule has 1 amide bonds. The van der Waals surface area contributed by atoms with E-state index in [1.54, 1.807) is 0 Å². The molecule has 1 aliphatic rings. The third-order valence-electron chi connectivity index (χ3n) is 4.15. The summed E-state index contributed by atoms with van der Waals surface area (Å²) in [5.41, 5.74) is 0. The van der Waals surface area contributed by atoms with Gasteiger partial charge in [-0.1, -0.05) is 19.3 Å². The molecule has 11 heteroatoms. The van der Waals surface area contributed by atoms with E-state index in [1.165, 1.54) is 6.92 Å². The number of aromatic amines is 1. The van der Waals surface area contributed by atoms with E-state index in [-0.39, 0.29) is 17.0 Å². The minimum atomic E-state index is -3.85. The van der Waals surface area contributed by atoms with Gasteiger partial charge < -0.3 is 5.32 Å². The van der Waals surface area contributed by atoms with E-state index in [9.17, 15) is 26.5 Å². The number of amides is 1. The van der Waals surface area contributed by atoms with Gasteiger partial charge in [-0.05, 0) is 18.9 Å². The fourth-order valence-corrected chi connectivity index (χ4v) is 5.73. The van der Waals surface area contributed by atoms with Gasteiger partial charge in [0.15, 0.2) is 9.57 Å². The Balaban J connectivity index is 2.25. The van der Waals surface area contributed by atoms with Gasteiger partial charge >= 0.3 is 5.03 Å². The number of carbonyl (C=O) groups excluding carboxylic acids is 1. The maximum Gasteiger partial charge on any atom is 0.382 e. The summed E-state index contributed by atoms with van der Waals surface area (Å²) >= 11 is 0. The van der Waals surface area contributed by atoms with Crippen LogP contribution < -0.4 is 9.86 Å². The van der Waals surface area contributed by atoms with Crippen molar-refractivity contribution in [1.29, 1.82) is 0 Å². The fraction of sp³-hybridized carbons (Fsp3) is 0.643. The zero-order valence-corrected chi connectivity index (χ0v) is 15.5. The number of hydrogen-bond acceptors (Lipinski definition) is 6. The summed E-state index contributed by atoms with van der Waals surface area (Å²) in [7, 11) is -7.67. The van der Waals surface area contributed by atoms with Crippen molar-refractivity contribution in [2.75, 3.05) is 12.3 Å². The first-order valence-corrected chi connectivity index (χ1v) is 11.2. The first-order chi connectivity index (χ1) is 11.6. The highest BCUT2D eigenvalue weighted by molar-refractivity contribution is 7.92. The molecule has 140 valence electrons. The van der Waals surface area contributed by atoms with E-state index < -0.39 is 40.7 Å². The summed E-state index contributed by atoms with van der Waals surface area (Å²) < 4.78 is 49.4. The predicted octanol–water partition coefficient (Wildman–Crippen LogP) is -0.0546. The van der Waals surface area contributed by atoms with E-state index in [0.29, 0.717) is 12.8 Å². The molecule has 0 aromatic carbocycles. The number of sulfone groups is 2. The topological polar surface area (TPSA) is 136 Å². The van der Waals surface area contributed by atoms with Crippen molar-refractivity contribution in [1.82, 2.24) is 10.4 Å². The minimum Gasteiger partial charge on any atom is -0.355 e. The van der Waals surface area contributed by atoms with E-state index >= 15 is 0 Å². The van der Waals surface area contributed by atoms with Crippen molar-refractivity contribution in [3.8, 4) is 0 Å². The van der Waals surface area contributed by atoms with Crippen LogP contribution in [-0.4, -0.2) is 45.4 Å². The minimum absolute atomic E-state index is 0.00474. The lowest BCUT2D eigenvalue weighted by atomic mass is 10.0. The number of hydrogen-bond donors (Lipinski definition) is 2. The van der Waals surface area contributed by atoms with E-state index in [4.69, 9.17) is 0 Å². The van der Waals surface area contributed by atoms with Gasteiger partial charge in [0, 0.05) is 19.5 Å². The summed E-state index contributed by atoms with van der Waals surface area (Å²) in [6, 6.07) is 2.10. The SMILES string of the molecule is CC(=O)NCCS(=O)(=O)c1ccc(S(=O)(=O)C2CCCCC2)[n+](=O)[nH]1. The fourth-order valence-electron chi connectivity index (χ4n) is 2.81. The van der Waals surface area contributed by atoms with Gasteiger partial charge in [0.25, 0.3) is 0 Å². The summed E-state index contributed by atoms with van der Waals surface area (Å²) in [6.07, 6.45) is 3.56. The van der Waals surface area contributed by atoms with E-state index in [2.05, 4.69) is 10.4 Å². The number of nitrogens with zero attached hydrogens (tertiary/aromatic N) is 1. The zero-order chi connectivity index (χ0) is 18.7. The Morgan fingerprint density at radius 1 is 1.20 bits per heavy atom. The lowest BCUT2D eigenvalue weighted by Gasteiger charge is -2.18. The van der Waals surface area contributed by atoms with Gasteiger partial charge in [-0.15, -0.1) is 5.10 Å². The predicted molar refractivity (Wildman–Crippen MR) is 89.0 cm³/mol. The summed E-state index contributed by atoms with van der Waals surface area (Å²) in [5, 5.41) is 2.95. The van der Waals surface area contributed by atoms with Crippen LogP contribution in [0.5, 0.6) is 0 Å². The molecule has 1 aromatic heterocycles. The molecule has 0 unspecified atom stereocenters. The Hall–Kier alpha value is -1.75. The van der Waals surface area contributed by atoms with Crippen LogP contribution in [0.3, 0.4) is 0 Å². The monoisotopic (exact) mass is 392 g/mol. The average molecular weight is 392 g/mol. The third-order valence-corrected chi connectivity index (χ3v) is 8.02. The van der Waals surface area contributed by atoms with Gasteiger partial charge in [-0.25, -0.2) is 16.8 Å². The Labute approximate surface area is 146 Å². The lowest BCUT2D eigenvalue weighted by Crippen LogP contribution is -2.36. The second kappa shape index (κ2) is 7.65. The summed E-state index contributed by atoms with van der Waals surface area (Å²) in [5.74, 6) is -0.773. The number of H-pyrrole nitrogens is 1. The van der Waals surface area contributed by atoms with Crippen molar-refractivity contribution < 1.29 is 26.2 Å². The van der Waals surface area contributed by atoms with Crippen LogP contribution in [0.15, 0.2) is 22.2 Å². The van der Waals surface area contributed by atoms with E-state index in [0.717, 1.165) is 31.4 Å². The number of aromatic nitrogens is 2. The molecule has 0 saturated heterocycles. The van der Waals surface area contributed by atoms with E-state index in [1.807, 2.05) is 0 Å². The molecule has 1 saturated carbocycles. The third kappa shape index (κ3) is 4.66. The second-order valence-electron chi connectivity index (χ2n) is 6.05. The van der Waals surface area contributed by atoms with Crippen LogP contribution in [0.1, 0.15) is 39.0 Å². The highest BCUT2D eigenvalue weighted by Gasteiger charge is 2.37. The smallest absolute Gasteiger partial charge is 0.355 e. The maximum absolute atomic E-state index is 12.6.